The molecule has 0 aromatic carbocycles. The third-order valence-electron chi connectivity index (χ3n) is 1.82. The first kappa shape index (κ1) is 13.9. The number of methoxy groups -OCH3 is 1. The molecule has 1 amide bonds. The summed E-state index contributed by atoms with van der Waals surface area (Å²) in [6, 6.07) is -0.972. The van der Waals surface area contributed by atoms with Gasteiger partial charge in [-0.2, -0.15) is 0 Å². The number of rotatable bonds is 8. The third-order valence-corrected chi connectivity index (χ3v) is 1.82. The van der Waals surface area contributed by atoms with Crippen molar-refractivity contribution in [3.8, 4) is 0 Å². The number of ether oxygens (including phenoxy) is 1. The van der Waals surface area contributed by atoms with E-state index in [1.807, 2.05) is 0 Å². The molecule has 0 saturated carbocycles. The lowest BCUT2D eigenvalue weighted by Crippen LogP contribution is -2.43. The van der Waals surface area contributed by atoms with Crippen LogP contribution >= 0.6 is 0 Å². The standard InChI is InChI=1S/C9H18N2O4/c1-15-6-7(9(13)14)11-8(12)4-2-3-5-10/h7H,2-6,10H2,1H3,(H,11,12)(H,13,14). The zero-order chi connectivity index (χ0) is 11.7. The number of nitrogens with two attached hydrogens (primary N) is 1. The van der Waals surface area contributed by atoms with Crippen LogP contribution < -0.4 is 11.1 Å². The first-order chi connectivity index (χ1) is 7.11. The van der Waals surface area contributed by atoms with Gasteiger partial charge < -0.3 is 20.9 Å². The number of carbonyl (C=O) groups is 2. The summed E-state index contributed by atoms with van der Waals surface area (Å²) in [5.41, 5.74) is 5.27. The Bertz CT molecular complexity index is 208. The molecular formula is C9H18N2O4. The number of carboxylic acid groups (broad SMARTS) is 1. The number of carboxylic acids is 1. The minimum absolute atomic E-state index is 0.0298. The summed E-state index contributed by atoms with van der Waals surface area (Å²) in [6.45, 7) is 0.506. The predicted octanol–water partition coefficient (Wildman–Crippen LogP) is -0.669. The zero-order valence-electron chi connectivity index (χ0n) is 8.86. The molecule has 0 aliphatic carbocycles. The van der Waals surface area contributed by atoms with Crippen LogP contribution in [-0.2, 0) is 14.3 Å². The third kappa shape index (κ3) is 6.87. The number of hydrogen-bond donors (Lipinski definition) is 3. The highest BCUT2D eigenvalue weighted by Gasteiger charge is 2.18. The fourth-order valence-electron chi connectivity index (χ4n) is 1.04. The molecule has 0 aromatic rings. The van der Waals surface area contributed by atoms with Gasteiger partial charge in [-0.1, -0.05) is 0 Å². The average Bonchev–Trinajstić information content (AvgIpc) is 2.17. The molecule has 6 heteroatoms. The number of amides is 1. The summed E-state index contributed by atoms with van der Waals surface area (Å²) in [6.07, 6.45) is 1.72. The van der Waals surface area contributed by atoms with E-state index in [0.29, 0.717) is 19.4 Å². The minimum atomic E-state index is -1.09. The van der Waals surface area contributed by atoms with E-state index in [1.165, 1.54) is 7.11 Å². The molecule has 15 heavy (non-hydrogen) atoms. The molecule has 1 unspecified atom stereocenters. The highest BCUT2D eigenvalue weighted by molar-refractivity contribution is 5.83. The largest absolute Gasteiger partial charge is 0.480 e. The van der Waals surface area contributed by atoms with Crippen molar-refractivity contribution >= 4 is 11.9 Å². The lowest BCUT2D eigenvalue weighted by molar-refractivity contribution is -0.143. The topological polar surface area (TPSA) is 102 Å². The monoisotopic (exact) mass is 218 g/mol. The second-order valence-corrected chi connectivity index (χ2v) is 3.16. The lowest BCUT2D eigenvalue weighted by atomic mass is 10.2. The Balaban J connectivity index is 3.84. The van der Waals surface area contributed by atoms with Crippen LogP contribution in [0.1, 0.15) is 19.3 Å². The molecule has 0 aliphatic heterocycles. The molecule has 0 aromatic heterocycles. The van der Waals surface area contributed by atoms with E-state index in [2.05, 4.69) is 10.1 Å². The van der Waals surface area contributed by atoms with E-state index in [1.54, 1.807) is 0 Å². The van der Waals surface area contributed by atoms with Crippen LogP contribution in [0, 0.1) is 0 Å². The van der Waals surface area contributed by atoms with Crippen molar-refractivity contribution in [2.75, 3.05) is 20.3 Å². The molecule has 0 aliphatic rings. The average molecular weight is 218 g/mol. The Hall–Kier alpha value is -1.14. The van der Waals surface area contributed by atoms with Gasteiger partial charge in [0.2, 0.25) is 5.91 Å². The lowest BCUT2D eigenvalue weighted by Gasteiger charge is -2.13. The Morgan fingerprint density at radius 1 is 1.47 bits per heavy atom. The van der Waals surface area contributed by atoms with Crippen molar-refractivity contribution in [2.24, 2.45) is 5.73 Å². The number of carbonyl (C=O) groups excluding carboxylic acids is 1. The Labute approximate surface area is 88.8 Å². The van der Waals surface area contributed by atoms with Crippen LogP contribution in [0.3, 0.4) is 0 Å². The number of aliphatic carboxylic acids is 1. The van der Waals surface area contributed by atoms with Gasteiger partial charge in [0.1, 0.15) is 0 Å². The minimum Gasteiger partial charge on any atom is -0.480 e. The Morgan fingerprint density at radius 3 is 2.60 bits per heavy atom. The number of nitrogens with one attached hydrogen (secondary N) is 1. The summed E-state index contributed by atoms with van der Waals surface area (Å²) >= 11 is 0. The van der Waals surface area contributed by atoms with Crippen molar-refractivity contribution in [3.05, 3.63) is 0 Å². The van der Waals surface area contributed by atoms with Gasteiger partial charge in [0.25, 0.3) is 0 Å². The van der Waals surface area contributed by atoms with Crippen LogP contribution in [0.4, 0.5) is 0 Å². The highest BCUT2D eigenvalue weighted by Crippen LogP contribution is 1.95. The Morgan fingerprint density at radius 2 is 2.13 bits per heavy atom. The van der Waals surface area contributed by atoms with Gasteiger partial charge in [0.05, 0.1) is 6.61 Å². The maximum Gasteiger partial charge on any atom is 0.328 e. The highest BCUT2D eigenvalue weighted by atomic mass is 16.5. The summed E-state index contributed by atoms with van der Waals surface area (Å²) < 4.78 is 4.68. The summed E-state index contributed by atoms with van der Waals surface area (Å²) in [5.74, 6) is -1.38. The quantitative estimate of drug-likeness (QED) is 0.469. The molecule has 0 fully saturated rings. The fraction of sp³-hybridized carbons (Fsp3) is 0.778. The molecular weight excluding hydrogens is 200 g/mol. The van der Waals surface area contributed by atoms with Gasteiger partial charge in [-0.25, -0.2) is 4.79 Å². The second kappa shape index (κ2) is 8.19. The first-order valence-corrected chi connectivity index (χ1v) is 4.83. The second-order valence-electron chi connectivity index (χ2n) is 3.16. The molecule has 0 saturated heterocycles. The van der Waals surface area contributed by atoms with Crippen molar-refractivity contribution < 1.29 is 19.4 Å². The predicted molar refractivity (Wildman–Crippen MR) is 54.3 cm³/mol. The van der Waals surface area contributed by atoms with E-state index < -0.39 is 12.0 Å². The van der Waals surface area contributed by atoms with E-state index in [-0.39, 0.29) is 12.5 Å². The molecule has 4 N–H and O–H groups in total. The van der Waals surface area contributed by atoms with Gasteiger partial charge in [0.15, 0.2) is 6.04 Å². The van der Waals surface area contributed by atoms with Gasteiger partial charge in [-0.05, 0) is 19.4 Å². The Kier molecular flexibility index (Phi) is 7.57. The molecule has 0 rings (SSSR count). The zero-order valence-corrected chi connectivity index (χ0v) is 8.86. The SMILES string of the molecule is COCC(NC(=O)CCCCN)C(=O)O. The van der Waals surface area contributed by atoms with Gasteiger partial charge >= 0.3 is 5.97 Å². The van der Waals surface area contributed by atoms with E-state index in [4.69, 9.17) is 10.8 Å². The van der Waals surface area contributed by atoms with Crippen molar-refractivity contribution in [1.29, 1.82) is 0 Å². The van der Waals surface area contributed by atoms with Gasteiger partial charge in [-0.3, -0.25) is 4.79 Å². The normalized spacial score (nSPS) is 12.1. The van der Waals surface area contributed by atoms with Gasteiger partial charge in [0, 0.05) is 13.5 Å². The summed E-state index contributed by atoms with van der Waals surface area (Å²) in [7, 11) is 1.39. The van der Waals surface area contributed by atoms with Crippen LogP contribution in [0.5, 0.6) is 0 Å². The molecule has 0 spiro atoms. The van der Waals surface area contributed by atoms with Crippen molar-refractivity contribution in [2.45, 2.75) is 25.3 Å². The van der Waals surface area contributed by atoms with Gasteiger partial charge in [-0.15, -0.1) is 0 Å². The van der Waals surface area contributed by atoms with Crippen molar-refractivity contribution in [3.63, 3.8) is 0 Å². The molecule has 1 atom stereocenters. The van der Waals surface area contributed by atoms with Crippen molar-refractivity contribution in [1.82, 2.24) is 5.32 Å². The maximum atomic E-state index is 11.2. The molecule has 0 bridgehead atoms. The first-order valence-electron chi connectivity index (χ1n) is 4.83. The van der Waals surface area contributed by atoms with E-state index in [0.717, 1.165) is 6.42 Å². The molecule has 88 valence electrons. The van der Waals surface area contributed by atoms with Crippen LogP contribution in [0.2, 0.25) is 0 Å². The molecule has 0 radical (unpaired) electrons. The number of unbranched alkanes of at least 4 members (excludes halogenated alkanes) is 1. The smallest absolute Gasteiger partial charge is 0.328 e. The van der Waals surface area contributed by atoms with Crippen LogP contribution in [0.15, 0.2) is 0 Å². The fourth-order valence-corrected chi connectivity index (χ4v) is 1.04. The molecule has 6 nitrogen and oxygen atoms in total. The number of hydrogen-bond acceptors (Lipinski definition) is 4. The van der Waals surface area contributed by atoms with E-state index >= 15 is 0 Å². The van der Waals surface area contributed by atoms with Crippen LogP contribution in [0.25, 0.3) is 0 Å². The maximum absolute atomic E-state index is 11.2. The summed E-state index contributed by atoms with van der Waals surface area (Å²) in [5, 5.41) is 11.1. The van der Waals surface area contributed by atoms with Crippen LogP contribution in [-0.4, -0.2) is 43.3 Å². The molecule has 0 heterocycles. The van der Waals surface area contributed by atoms with E-state index in [9.17, 15) is 9.59 Å². The summed E-state index contributed by atoms with van der Waals surface area (Å²) in [4.78, 5) is 21.9.